The van der Waals surface area contributed by atoms with Crippen molar-refractivity contribution >= 4 is 11.8 Å². The van der Waals surface area contributed by atoms with Gasteiger partial charge in [-0.25, -0.2) is 4.98 Å². The summed E-state index contributed by atoms with van der Waals surface area (Å²) < 4.78 is 4.95. The summed E-state index contributed by atoms with van der Waals surface area (Å²) >= 11 is 0. The summed E-state index contributed by atoms with van der Waals surface area (Å²) in [7, 11) is 1.50. The number of rotatable bonds is 5. The van der Waals surface area contributed by atoms with Gasteiger partial charge in [0.1, 0.15) is 0 Å². The van der Waals surface area contributed by atoms with Crippen molar-refractivity contribution in [2.45, 2.75) is 6.54 Å². The van der Waals surface area contributed by atoms with E-state index in [1.165, 1.54) is 7.11 Å². The van der Waals surface area contributed by atoms with Crippen molar-refractivity contribution in [3.8, 4) is 5.88 Å². The van der Waals surface area contributed by atoms with Crippen LogP contribution in [-0.2, 0) is 16.1 Å². The fourth-order valence-corrected chi connectivity index (χ4v) is 1.20. The van der Waals surface area contributed by atoms with Crippen molar-refractivity contribution in [2.24, 2.45) is 5.73 Å². The zero-order valence-corrected chi connectivity index (χ0v) is 10.1. The predicted octanol–water partition coefficient (Wildman–Crippen LogP) is -1.22. The summed E-state index contributed by atoms with van der Waals surface area (Å²) in [6.07, 6.45) is 1.56. The number of carbonyl (C=O) groups excluding carboxylic acids is 2. The molecule has 7 nitrogen and oxygen atoms in total. The van der Waals surface area contributed by atoms with Crippen LogP contribution in [0.5, 0.6) is 5.88 Å². The van der Waals surface area contributed by atoms with Crippen molar-refractivity contribution in [1.82, 2.24) is 15.6 Å². The highest BCUT2D eigenvalue weighted by Gasteiger charge is 2.11. The van der Waals surface area contributed by atoms with Crippen LogP contribution >= 0.6 is 0 Å². The monoisotopic (exact) mass is 252 g/mol. The van der Waals surface area contributed by atoms with Crippen LogP contribution in [0.4, 0.5) is 0 Å². The molecule has 1 heterocycles. The Balaban J connectivity index is 2.44. The molecule has 98 valence electrons. The molecular formula is C11H16N4O3. The Bertz CT molecular complexity index is 423. The molecule has 0 unspecified atom stereocenters. The standard InChI is InChI=1S/C11H16N4O3/c1-18-9-6-8(2-4-13-9)7-15-11(17)10(16)14-5-3-12/h2,4,6H,3,5,7,12H2,1H3,(H,14,16)(H,15,17). The molecule has 0 aliphatic heterocycles. The zero-order chi connectivity index (χ0) is 13.4. The number of nitrogens with one attached hydrogen (secondary N) is 2. The van der Waals surface area contributed by atoms with Crippen molar-refractivity contribution in [3.05, 3.63) is 23.9 Å². The van der Waals surface area contributed by atoms with Gasteiger partial charge in [0.2, 0.25) is 5.88 Å². The quantitative estimate of drug-likeness (QED) is 0.570. The van der Waals surface area contributed by atoms with Crippen LogP contribution in [0.3, 0.4) is 0 Å². The van der Waals surface area contributed by atoms with E-state index in [1.807, 2.05) is 0 Å². The van der Waals surface area contributed by atoms with Crippen molar-refractivity contribution in [2.75, 3.05) is 20.2 Å². The molecule has 0 aliphatic rings. The topological polar surface area (TPSA) is 106 Å². The van der Waals surface area contributed by atoms with Crippen LogP contribution in [0.2, 0.25) is 0 Å². The van der Waals surface area contributed by atoms with Gasteiger partial charge >= 0.3 is 11.8 Å². The van der Waals surface area contributed by atoms with Crippen LogP contribution in [0.1, 0.15) is 5.56 Å². The van der Waals surface area contributed by atoms with Crippen LogP contribution in [0, 0.1) is 0 Å². The van der Waals surface area contributed by atoms with E-state index in [2.05, 4.69) is 15.6 Å². The summed E-state index contributed by atoms with van der Waals surface area (Å²) in [5.41, 5.74) is 6.00. The first-order valence-electron chi connectivity index (χ1n) is 5.42. The van der Waals surface area contributed by atoms with Crippen LogP contribution in [0.25, 0.3) is 0 Å². The number of ether oxygens (including phenoxy) is 1. The summed E-state index contributed by atoms with van der Waals surface area (Å²) in [6.45, 7) is 0.795. The highest BCUT2D eigenvalue weighted by molar-refractivity contribution is 6.35. The Morgan fingerprint density at radius 2 is 2.11 bits per heavy atom. The minimum atomic E-state index is -0.695. The maximum atomic E-state index is 11.4. The number of carbonyl (C=O) groups is 2. The normalized spacial score (nSPS) is 9.67. The number of hydrogen-bond donors (Lipinski definition) is 3. The van der Waals surface area contributed by atoms with E-state index in [0.29, 0.717) is 12.4 Å². The largest absolute Gasteiger partial charge is 0.481 e. The Morgan fingerprint density at radius 3 is 2.78 bits per heavy atom. The fraction of sp³-hybridized carbons (Fsp3) is 0.364. The van der Waals surface area contributed by atoms with E-state index >= 15 is 0 Å². The van der Waals surface area contributed by atoms with Gasteiger partial charge in [0.15, 0.2) is 0 Å². The highest BCUT2D eigenvalue weighted by atomic mass is 16.5. The molecule has 0 fully saturated rings. The number of amides is 2. The smallest absolute Gasteiger partial charge is 0.309 e. The molecule has 0 saturated heterocycles. The lowest BCUT2D eigenvalue weighted by Crippen LogP contribution is -2.41. The molecule has 2 amide bonds. The van der Waals surface area contributed by atoms with Crippen LogP contribution < -0.4 is 21.1 Å². The van der Waals surface area contributed by atoms with Gasteiger partial charge in [-0.1, -0.05) is 0 Å². The van der Waals surface area contributed by atoms with Gasteiger partial charge in [0.05, 0.1) is 7.11 Å². The Morgan fingerprint density at radius 1 is 1.39 bits per heavy atom. The molecule has 0 radical (unpaired) electrons. The van der Waals surface area contributed by atoms with Gasteiger partial charge in [-0.05, 0) is 11.6 Å². The lowest BCUT2D eigenvalue weighted by atomic mass is 10.2. The molecule has 0 aliphatic carbocycles. The Labute approximate surface area is 105 Å². The van der Waals surface area contributed by atoms with Crippen LogP contribution in [0.15, 0.2) is 18.3 Å². The maximum Gasteiger partial charge on any atom is 0.309 e. The number of nitrogens with zero attached hydrogens (tertiary/aromatic N) is 1. The molecule has 4 N–H and O–H groups in total. The fourth-order valence-electron chi connectivity index (χ4n) is 1.20. The Hall–Kier alpha value is -2.15. The molecule has 0 saturated carbocycles. The molecule has 1 aromatic heterocycles. The van der Waals surface area contributed by atoms with Gasteiger partial charge in [-0.15, -0.1) is 0 Å². The third-order valence-electron chi connectivity index (χ3n) is 2.10. The summed E-state index contributed by atoms with van der Waals surface area (Å²) in [6, 6.07) is 3.40. The number of nitrogens with two attached hydrogens (primary N) is 1. The van der Waals surface area contributed by atoms with Crippen molar-refractivity contribution < 1.29 is 14.3 Å². The minimum Gasteiger partial charge on any atom is -0.481 e. The minimum absolute atomic E-state index is 0.230. The van der Waals surface area contributed by atoms with Gasteiger partial charge in [0.25, 0.3) is 0 Å². The number of aromatic nitrogens is 1. The first kappa shape index (κ1) is 13.9. The van der Waals surface area contributed by atoms with Gasteiger partial charge in [0, 0.05) is 31.9 Å². The summed E-state index contributed by atoms with van der Waals surface area (Å²) in [4.78, 5) is 26.5. The first-order valence-corrected chi connectivity index (χ1v) is 5.42. The van der Waals surface area contributed by atoms with E-state index in [-0.39, 0.29) is 13.1 Å². The van der Waals surface area contributed by atoms with Crippen molar-refractivity contribution in [3.63, 3.8) is 0 Å². The molecule has 1 aromatic rings. The number of hydrogen-bond acceptors (Lipinski definition) is 5. The van der Waals surface area contributed by atoms with E-state index < -0.39 is 11.8 Å². The van der Waals surface area contributed by atoms with E-state index in [9.17, 15) is 9.59 Å². The van der Waals surface area contributed by atoms with Crippen molar-refractivity contribution in [1.29, 1.82) is 0 Å². The summed E-state index contributed by atoms with van der Waals surface area (Å²) in [5, 5.41) is 4.86. The predicted molar refractivity (Wildman–Crippen MR) is 64.7 cm³/mol. The van der Waals surface area contributed by atoms with E-state index in [1.54, 1.807) is 18.3 Å². The first-order chi connectivity index (χ1) is 8.67. The molecule has 0 spiro atoms. The zero-order valence-electron chi connectivity index (χ0n) is 10.1. The number of pyridine rings is 1. The lowest BCUT2D eigenvalue weighted by molar-refractivity contribution is -0.139. The average Bonchev–Trinajstić information content (AvgIpc) is 2.42. The highest BCUT2D eigenvalue weighted by Crippen LogP contribution is 2.07. The molecule has 7 heteroatoms. The molecule has 0 bridgehead atoms. The third kappa shape index (κ3) is 4.38. The average molecular weight is 252 g/mol. The lowest BCUT2D eigenvalue weighted by Gasteiger charge is -2.06. The summed E-state index contributed by atoms with van der Waals surface area (Å²) in [5.74, 6) is -0.935. The third-order valence-corrected chi connectivity index (χ3v) is 2.10. The molecule has 18 heavy (non-hydrogen) atoms. The Kier molecular flexibility index (Phi) is 5.59. The molecular weight excluding hydrogens is 236 g/mol. The van der Waals surface area contributed by atoms with Gasteiger partial charge < -0.3 is 21.1 Å². The van der Waals surface area contributed by atoms with E-state index in [0.717, 1.165) is 5.56 Å². The van der Waals surface area contributed by atoms with Gasteiger partial charge in [-0.3, -0.25) is 9.59 Å². The second kappa shape index (κ2) is 7.23. The second-order valence-corrected chi connectivity index (χ2v) is 3.43. The maximum absolute atomic E-state index is 11.4. The SMILES string of the molecule is COc1cc(CNC(=O)C(=O)NCCN)ccn1. The van der Waals surface area contributed by atoms with Gasteiger partial charge in [-0.2, -0.15) is 0 Å². The molecule has 1 rings (SSSR count). The van der Waals surface area contributed by atoms with E-state index in [4.69, 9.17) is 10.5 Å². The molecule has 0 aromatic carbocycles. The molecule has 0 atom stereocenters. The van der Waals surface area contributed by atoms with Crippen LogP contribution in [-0.4, -0.2) is 37.0 Å². The second-order valence-electron chi connectivity index (χ2n) is 3.43. The number of methoxy groups -OCH3 is 1.